The number of hydrogen-bond donors (Lipinski definition) is 1. The van der Waals surface area contributed by atoms with Gasteiger partial charge in [0.05, 0.1) is 5.57 Å². The Morgan fingerprint density at radius 2 is 1.95 bits per heavy atom. The Balaban J connectivity index is 2.55. The summed E-state index contributed by atoms with van der Waals surface area (Å²) in [5.41, 5.74) is 9.85. The van der Waals surface area contributed by atoms with Crippen LogP contribution in [0.4, 0.5) is 0 Å². The number of halogens is 1. The normalized spacial score (nSPS) is 11.2. The zero-order valence-corrected chi connectivity index (χ0v) is 13.3. The molecule has 0 aliphatic heterocycles. The summed E-state index contributed by atoms with van der Waals surface area (Å²) in [7, 11) is 0. The van der Waals surface area contributed by atoms with Crippen molar-refractivity contribution in [3.8, 4) is 11.8 Å². The summed E-state index contributed by atoms with van der Waals surface area (Å²) >= 11 is 10.8. The summed E-state index contributed by atoms with van der Waals surface area (Å²) in [5.74, 6) is 0. The van der Waals surface area contributed by atoms with Crippen molar-refractivity contribution in [2.75, 3.05) is 0 Å². The van der Waals surface area contributed by atoms with Crippen LogP contribution in [0, 0.1) is 25.2 Å². The molecular formula is C16H14ClN3S. The molecule has 0 amide bonds. The average molecular weight is 316 g/mol. The van der Waals surface area contributed by atoms with Crippen LogP contribution in [0.3, 0.4) is 0 Å². The zero-order valence-electron chi connectivity index (χ0n) is 11.7. The fraction of sp³-hybridized carbons (Fsp3) is 0.125. The fourth-order valence-electron chi connectivity index (χ4n) is 2.24. The van der Waals surface area contributed by atoms with E-state index >= 15 is 0 Å². The number of hydrogen-bond acceptors (Lipinski definition) is 2. The number of nitriles is 1. The van der Waals surface area contributed by atoms with E-state index in [-0.39, 0.29) is 4.99 Å². The molecule has 2 aromatic rings. The largest absolute Gasteiger partial charge is 0.389 e. The van der Waals surface area contributed by atoms with Crippen molar-refractivity contribution < 1.29 is 0 Å². The molecule has 5 heteroatoms. The van der Waals surface area contributed by atoms with Crippen LogP contribution in [0.2, 0.25) is 5.02 Å². The van der Waals surface area contributed by atoms with Gasteiger partial charge in [-0.05, 0) is 55.8 Å². The molecular weight excluding hydrogens is 302 g/mol. The van der Waals surface area contributed by atoms with Gasteiger partial charge in [0, 0.05) is 22.1 Å². The zero-order chi connectivity index (χ0) is 15.6. The molecule has 0 aliphatic carbocycles. The van der Waals surface area contributed by atoms with Gasteiger partial charge >= 0.3 is 0 Å². The molecule has 1 heterocycles. The van der Waals surface area contributed by atoms with Gasteiger partial charge in [-0.1, -0.05) is 23.8 Å². The highest BCUT2D eigenvalue weighted by molar-refractivity contribution is 7.80. The van der Waals surface area contributed by atoms with Crippen molar-refractivity contribution in [3.05, 3.63) is 57.9 Å². The number of nitrogens with two attached hydrogens (primary N) is 1. The third-order valence-electron chi connectivity index (χ3n) is 3.24. The quantitative estimate of drug-likeness (QED) is 0.530. The van der Waals surface area contributed by atoms with Crippen LogP contribution in [0.5, 0.6) is 0 Å². The number of benzene rings is 1. The van der Waals surface area contributed by atoms with Crippen molar-refractivity contribution in [1.82, 2.24) is 4.57 Å². The molecule has 1 aromatic carbocycles. The monoisotopic (exact) mass is 315 g/mol. The Labute approximate surface area is 134 Å². The highest BCUT2D eigenvalue weighted by atomic mass is 35.5. The Morgan fingerprint density at radius 3 is 2.48 bits per heavy atom. The van der Waals surface area contributed by atoms with Crippen molar-refractivity contribution in [3.63, 3.8) is 0 Å². The van der Waals surface area contributed by atoms with Crippen LogP contribution < -0.4 is 5.73 Å². The second kappa shape index (κ2) is 6.13. The maximum absolute atomic E-state index is 9.07. The molecule has 106 valence electrons. The first-order valence-electron chi connectivity index (χ1n) is 6.30. The van der Waals surface area contributed by atoms with Gasteiger partial charge in [-0.2, -0.15) is 5.26 Å². The van der Waals surface area contributed by atoms with Crippen molar-refractivity contribution >= 4 is 34.9 Å². The molecule has 1 aromatic heterocycles. The Bertz CT molecular complexity index is 764. The van der Waals surface area contributed by atoms with Crippen molar-refractivity contribution in [2.24, 2.45) is 5.73 Å². The third kappa shape index (κ3) is 3.15. The molecule has 0 saturated heterocycles. The highest BCUT2D eigenvalue weighted by Crippen LogP contribution is 2.23. The number of aromatic nitrogens is 1. The summed E-state index contributed by atoms with van der Waals surface area (Å²) < 4.78 is 2.09. The third-order valence-corrected chi connectivity index (χ3v) is 3.71. The molecule has 0 unspecified atom stereocenters. The van der Waals surface area contributed by atoms with E-state index in [1.54, 1.807) is 6.08 Å². The van der Waals surface area contributed by atoms with E-state index in [9.17, 15) is 0 Å². The lowest BCUT2D eigenvalue weighted by Crippen LogP contribution is -2.09. The number of thiocarbonyl (C=S) groups is 1. The molecule has 0 spiro atoms. The van der Waals surface area contributed by atoms with E-state index < -0.39 is 0 Å². The molecule has 0 atom stereocenters. The highest BCUT2D eigenvalue weighted by Gasteiger charge is 2.10. The molecule has 3 nitrogen and oxygen atoms in total. The minimum absolute atomic E-state index is 0.105. The summed E-state index contributed by atoms with van der Waals surface area (Å²) in [4.78, 5) is 0.105. The van der Waals surface area contributed by atoms with Gasteiger partial charge in [0.25, 0.3) is 0 Å². The molecule has 0 aliphatic rings. The molecule has 2 N–H and O–H groups in total. The SMILES string of the molecule is Cc1cc(/C=C(\C#N)C(N)=S)c(C)n1-c1ccc(Cl)cc1. The van der Waals surface area contributed by atoms with Crippen molar-refractivity contribution in [1.29, 1.82) is 5.26 Å². The second-order valence-electron chi connectivity index (χ2n) is 4.67. The molecule has 0 saturated carbocycles. The number of aryl methyl sites for hydroxylation is 1. The lowest BCUT2D eigenvalue weighted by atomic mass is 10.1. The van der Waals surface area contributed by atoms with Gasteiger partial charge in [0.2, 0.25) is 0 Å². The van der Waals surface area contributed by atoms with E-state index in [2.05, 4.69) is 4.57 Å². The van der Waals surface area contributed by atoms with Gasteiger partial charge in [-0.15, -0.1) is 0 Å². The van der Waals surface area contributed by atoms with Crippen LogP contribution >= 0.6 is 23.8 Å². The topological polar surface area (TPSA) is 54.7 Å². The van der Waals surface area contributed by atoms with E-state index in [1.807, 2.05) is 50.2 Å². The summed E-state index contributed by atoms with van der Waals surface area (Å²) in [6.07, 6.45) is 1.72. The first-order valence-corrected chi connectivity index (χ1v) is 7.09. The van der Waals surface area contributed by atoms with Gasteiger partial charge in [-0.3, -0.25) is 0 Å². The van der Waals surface area contributed by atoms with Crippen LogP contribution in [-0.4, -0.2) is 9.56 Å². The molecule has 0 bridgehead atoms. The van der Waals surface area contributed by atoms with Crippen LogP contribution in [-0.2, 0) is 0 Å². The minimum atomic E-state index is 0.105. The number of nitrogens with zero attached hydrogens (tertiary/aromatic N) is 2. The molecule has 0 radical (unpaired) electrons. The van der Waals surface area contributed by atoms with Gasteiger partial charge in [-0.25, -0.2) is 0 Å². The van der Waals surface area contributed by atoms with Crippen LogP contribution in [0.1, 0.15) is 17.0 Å². The summed E-state index contributed by atoms with van der Waals surface area (Å²) in [5, 5.41) is 9.76. The van der Waals surface area contributed by atoms with Crippen molar-refractivity contribution in [2.45, 2.75) is 13.8 Å². The maximum atomic E-state index is 9.07. The Morgan fingerprint density at radius 1 is 1.33 bits per heavy atom. The second-order valence-corrected chi connectivity index (χ2v) is 5.55. The predicted octanol–water partition coefficient (Wildman–Crippen LogP) is 3.94. The van der Waals surface area contributed by atoms with Crippen LogP contribution in [0.15, 0.2) is 35.9 Å². The molecule has 0 fully saturated rings. The average Bonchev–Trinajstić information content (AvgIpc) is 2.71. The summed E-state index contributed by atoms with van der Waals surface area (Å²) in [6, 6.07) is 11.6. The van der Waals surface area contributed by atoms with Crippen LogP contribution in [0.25, 0.3) is 11.8 Å². The smallest absolute Gasteiger partial charge is 0.114 e. The van der Waals surface area contributed by atoms with E-state index in [4.69, 9.17) is 34.8 Å². The van der Waals surface area contributed by atoms with E-state index in [0.29, 0.717) is 10.6 Å². The standard InChI is InChI=1S/C16H14ClN3S/c1-10-7-12(8-13(9-18)16(19)21)11(2)20(10)15-5-3-14(17)4-6-15/h3-8H,1-2H3,(H2,19,21)/b13-8+. The first-order chi connectivity index (χ1) is 9.93. The Kier molecular flexibility index (Phi) is 4.46. The lowest BCUT2D eigenvalue weighted by molar-refractivity contribution is 0.964. The number of rotatable bonds is 3. The minimum Gasteiger partial charge on any atom is -0.389 e. The molecule has 21 heavy (non-hydrogen) atoms. The van der Waals surface area contributed by atoms with Gasteiger partial charge < -0.3 is 10.3 Å². The molecule has 2 rings (SSSR count). The Hall–Kier alpha value is -2.09. The van der Waals surface area contributed by atoms with E-state index in [1.165, 1.54) is 0 Å². The van der Waals surface area contributed by atoms with Gasteiger partial charge in [0.1, 0.15) is 11.1 Å². The fourth-order valence-corrected chi connectivity index (χ4v) is 2.47. The van der Waals surface area contributed by atoms with E-state index in [0.717, 1.165) is 22.6 Å². The predicted molar refractivity (Wildman–Crippen MR) is 90.6 cm³/mol. The van der Waals surface area contributed by atoms with Gasteiger partial charge in [0.15, 0.2) is 0 Å². The maximum Gasteiger partial charge on any atom is 0.114 e. The summed E-state index contributed by atoms with van der Waals surface area (Å²) in [6.45, 7) is 3.99. The first kappa shape index (κ1) is 15.3. The lowest BCUT2D eigenvalue weighted by Gasteiger charge is -2.09.